The number of para-hydroxylation sites is 3. The van der Waals surface area contributed by atoms with Crippen molar-refractivity contribution in [1.29, 1.82) is 0 Å². The van der Waals surface area contributed by atoms with E-state index < -0.39 is 0 Å². The van der Waals surface area contributed by atoms with E-state index >= 15 is 0 Å². The van der Waals surface area contributed by atoms with E-state index in [4.69, 9.17) is 0 Å². The van der Waals surface area contributed by atoms with Crippen LogP contribution in [-0.2, 0) is 6.42 Å². The molecule has 52 heavy (non-hydrogen) atoms. The maximum absolute atomic E-state index is 2.56. The van der Waals surface area contributed by atoms with Gasteiger partial charge in [-0.25, -0.2) is 0 Å². The molecule has 0 saturated heterocycles. The lowest BCUT2D eigenvalue weighted by Crippen LogP contribution is -1.95. The van der Waals surface area contributed by atoms with Gasteiger partial charge in [-0.1, -0.05) is 127 Å². The highest BCUT2D eigenvalue weighted by atomic mass is 14.9. The average Bonchev–Trinajstić information content (AvgIpc) is 3.93. The average molecular weight is 659 g/mol. The Morgan fingerprint density at radius 2 is 1.04 bits per heavy atom. The number of fused-ring (bicyclic) bond motifs is 15. The van der Waals surface area contributed by atoms with Gasteiger partial charge < -0.3 is 8.80 Å². The molecule has 4 heterocycles. The summed E-state index contributed by atoms with van der Waals surface area (Å²) < 4.78 is 5.08. The minimum atomic E-state index is 1.09. The molecule has 13 rings (SSSR count). The Morgan fingerprint density at radius 3 is 1.87 bits per heavy atom. The Bertz CT molecular complexity index is 3490. The molecule has 2 nitrogen and oxygen atoms in total. The van der Waals surface area contributed by atoms with Gasteiger partial charge in [-0.05, 0) is 87.2 Å². The minimum Gasteiger partial charge on any atom is -0.308 e. The molecule has 0 aliphatic heterocycles. The first-order valence-corrected chi connectivity index (χ1v) is 18.4. The van der Waals surface area contributed by atoms with Crippen molar-refractivity contribution in [3.63, 3.8) is 0 Å². The molecule has 12 aromatic rings. The lowest BCUT2D eigenvalue weighted by atomic mass is 9.83. The van der Waals surface area contributed by atoms with Gasteiger partial charge in [0.2, 0.25) is 0 Å². The molecule has 0 radical (unpaired) electrons. The lowest BCUT2D eigenvalue weighted by molar-refractivity contribution is 0.984. The predicted molar refractivity (Wildman–Crippen MR) is 221 cm³/mol. The second-order valence-electron chi connectivity index (χ2n) is 14.7. The van der Waals surface area contributed by atoms with Crippen molar-refractivity contribution < 1.29 is 0 Å². The summed E-state index contributed by atoms with van der Waals surface area (Å²) in [7, 11) is 0. The van der Waals surface area contributed by atoms with E-state index in [9.17, 15) is 0 Å². The van der Waals surface area contributed by atoms with Gasteiger partial charge in [0.25, 0.3) is 0 Å². The molecule has 8 aromatic carbocycles. The molecule has 0 N–H and O–H groups in total. The largest absolute Gasteiger partial charge is 0.308 e. The SMILES string of the molecule is C1=Cc2c(c3cccc4c5c6c(-c7ccccc7)c7cc8c9cccc%10c%11ccccc%11n(c8cc7c(-c7ccccc7)c6ccc5n2c34)c%109)CC1. The van der Waals surface area contributed by atoms with E-state index in [1.807, 2.05) is 0 Å². The summed E-state index contributed by atoms with van der Waals surface area (Å²) in [4.78, 5) is 0. The molecule has 0 bridgehead atoms. The summed E-state index contributed by atoms with van der Waals surface area (Å²) in [5.74, 6) is 0. The van der Waals surface area contributed by atoms with Gasteiger partial charge in [0, 0.05) is 48.8 Å². The number of hydrogen-bond donors (Lipinski definition) is 0. The van der Waals surface area contributed by atoms with Gasteiger partial charge in [0.15, 0.2) is 0 Å². The Labute approximate surface area is 298 Å². The van der Waals surface area contributed by atoms with Gasteiger partial charge in [-0.3, -0.25) is 0 Å². The third-order valence-corrected chi connectivity index (χ3v) is 12.2. The maximum atomic E-state index is 2.56. The zero-order chi connectivity index (χ0) is 33.7. The van der Waals surface area contributed by atoms with Crippen LogP contribution in [0.25, 0.3) is 115 Å². The number of allylic oxidation sites excluding steroid dienone is 1. The summed E-state index contributed by atoms with van der Waals surface area (Å²) in [6.07, 6.45) is 6.90. The van der Waals surface area contributed by atoms with Crippen LogP contribution >= 0.6 is 0 Å². The van der Waals surface area contributed by atoms with Crippen molar-refractivity contribution in [1.82, 2.24) is 8.80 Å². The topological polar surface area (TPSA) is 8.82 Å². The van der Waals surface area contributed by atoms with Crippen LogP contribution in [0.5, 0.6) is 0 Å². The Balaban J connectivity index is 1.33. The van der Waals surface area contributed by atoms with Crippen LogP contribution in [0.4, 0.5) is 0 Å². The fraction of sp³-hybridized carbons (Fsp3) is 0.0400. The minimum absolute atomic E-state index is 1.09. The van der Waals surface area contributed by atoms with Crippen molar-refractivity contribution in [2.24, 2.45) is 0 Å². The molecule has 1 aliphatic rings. The molecule has 2 heteroatoms. The molecule has 1 aliphatic carbocycles. The summed E-state index contributed by atoms with van der Waals surface area (Å²) in [6.45, 7) is 0. The predicted octanol–water partition coefficient (Wildman–Crippen LogP) is 13.4. The monoisotopic (exact) mass is 658 g/mol. The summed E-state index contributed by atoms with van der Waals surface area (Å²) >= 11 is 0. The molecular formula is C50H30N2. The number of nitrogens with zero attached hydrogens (tertiary/aromatic N) is 2. The van der Waals surface area contributed by atoms with E-state index in [2.05, 4.69) is 167 Å². The molecular weight excluding hydrogens is 629 g/mol. The third-order valence-electron chi connectivity index (χ3n) is 12.2. The van der Waals surface area contributed by atoms with Crippen LogP contribution in [0.2, 0.25) is 0 Å². The summed E-state index contributed by atoms with van der Waals surface area (Å²) in [5.41, 5.74) is 14.4. The van der Waals surface area contributed by atoms with E-state index in [-0.39, 0.29) is 0 Å². The number of aryl methyl sites for hydroxylation is 1. The van der Waals surface area contributed by atoms with E-state index in [1.54, 1.807) is 0 Å². The van der Waals surface area contributed by atoms with Crippen LogP contribution in [-0.4, -0.2) is 8.80 Å². The highest BCUT2D eigenvalue weighted by Crippen LogP contribution is 2.51. The van der Waals surface area contributed by atoms with E-state index in [0.717, 1.165) is 12.8 Å². The van der Waals surface area contributed by atoms with Gasteiger partial charge in [0.1, 0.15) is 0 Å². The van der Waals surface area contributed by atoms with Gasteiger partial charge in [0.05, 0.1) is 27.6 Å². The van der Waals surface area contributed by atoms with Gasteiger partial charge in [-0.15, -0.1) is 0 Å². The fourth-order valence-corrected chi connectivity index (χ4v) is 10.2. The second-order valence-corrected chi connectivity index (χ2v) is 14.7. The first-order valence-electron chi connectivity index (χ1n) is 18.4. The van der Waals surface area contributed by atoms with Crippen LogP contribution < -0.4 is 0 Å². The number of benzene rings is 8. The van der Waals surface area contributed by atoms with E-state index in [0.29, 0.717) is 0 Å². The smallest absolute Gasteiger partial charge is 0.0620 e. The first kappa shape index (κ1) is 27.1. The highest BCUT2D eigenvalue weighted by Gasteiger charge is 2.27. The summed E-state index contributed by atoms with van der Waals surface area (Å²) in [6, 6.07) is 54.8. The Kier molecular flexibility index (Phi) is 4.99. The van der Waals surface area contributed by atoms with Crippen molar-refractivity contribution >= 4 is 92.9 Å². The molecule has 240 valence electrons. The van der Waals surface area contributed by atoms with Crippen LogP contribution in [0.1, 0.15) is 17.7 Å². The maximum Gasteiger partial charge on any atom is 0.0620 e. The first-order chi connectivity index (χ1) is 25.8. The van der Waals surface area contributed by atoms with Crippen molar-refractivity contribution in [2.75, 3.05) is 0 Å². The van der Waals surface area contributed by atoms with Crippen LogP contribution in [0.3, 0.4) is 0 Å². The Morgan fingerprint density at radius 1 is 0.385 bits per heavy atom. The lowest BCUT2D eigenvalue weighted by Gasteiger charge is -2.19. The molecule has 0 fully saturated rings. The third kappa shape index (κ3) is 3.18. The molecule has 0 amide bonds. The number of aromatic nitrogens is 2. The standard InChI is InChI=1S/C50H30N2/c1-3-13-29(14-4-1)45-36-25-26-43-47(37-22-12-20-34-32-18-7-9-23-41(32)51(43)50(34)37)48(36)46(30-15-5-2-6-16-30)39-27-38-35-21-11-19-33-31-17-8-10-24-42(31)52(49(33)35)44(38)28-40(39)45/h1-6,8-17,19-28H,7,18H2. The number of rotatable bonds is 2. The van der Waals surface area contributed by atoms with Crippen molar-refractivity contribution in [3.8, 4) is 22.3 Å². The van der Waals surface area contributed by atoms with Crippen LogP contribution in [0.15, 0.2) is 152 Å². The molecule has 0 unspecified atom stereocenters. The summed E-state index contributed by atoms with van der Waals surface area (Å²) in [5, 5.41) is 14.5. The molecule has 4 aromatic heterocycles. The quantitative estimate of drug-likeness (QED) is 0.163. The number of hydrogen-bond acceptors (Lipinski definition) is 0. The zero-order valence-corrected chi connectivity index (χ0v) is 28.3. The Hall–Kier alpha value is -6.64. The molecule has 0 saturated carbocycles. The van der Waals surface area contributed by atoms with Gasteiger partial charge in [-0.2, -0.15) is 0 Å². The molecule has 0 atom stereocenters. The van der Waals surface area contributed by atoms with Crippen molar-refractivity contribution in [3.05, 3.63) is 163 Å². The molecule has 0 spiro atoms. The fourth-order valence-electron chi connectivity index (χ4n) is 10.2. The zero-order valence-electron chi connectivity index (χ0n) is 28.3. The second kappa shape index (κ2) is 9.57. The van der Waals surface area contributed by atoms with Crippen LogP contribution in [0, 0.1) is 0 Å². The highest BCUT2D eigenvalue weighted by molar-refractivity contribution is 6.35. The van der Waals surface area contributed by atoms with Gasteiger partial charge >= 0.3 is 0 Å². The van der Waals surface area contributed by atoms with E-state index in [1.165, 1.54) is 120 Å². The normalized spacial score (nSPS) is 13.5. The van der Waals surface area contributed by atoms with Crippen molar-refractivity contribution in [2.45, 2.75) is 12.8 Å².